The van der Waals surface area contributed by atoms with Crippen LogP contribution in [-0.4, -0.2) is 13.6 Å². The summed E-state index contributed by atoms with van der Waals surface area (Å²) in [4.78, 5) is 0. The van der Waals surface area contributed by atoms with E-state index in [0.717, 1.165) is 6.54 Å². The first kappa shape index (κ1) is 14.1. The Kier molecular flexibility index (Phi) is 5.87. The molecule has 0 spiro atoms. The first-order valence-corrected chi connectivity index (χ1v) is 8.36. The van der Waals surface area contributed by atoms with E-state index in [-0.39, 0.29) is 6.10 Å². The average Bonchev–Trinajstić information content (AvgIpc) is 2.20. The third-order valence-corrected chi connectivity index (χ3v) is 3.33. The molecule has 1 rings (SSSR count). The number of benzene rings is 1. The Balaban J connectivity index is 2.99. The summed E-state index contributed by atoms with van der Waals surface area (Å²) < 4.78 is 5.64. The van der Waals surface area contributed by atoms with Crippen LogP contribution in [0.25, 0.3) is 0 Å². The van der Waals surface area contributed by atoms with Gasteiger partial charge < -0.3 is 17.6 Å². The Morgan fingerprint density at radius 3 is 2.75 bits per heavy atom. The molecule has 5 heteroatoms. The number of rotatable bonds is 5. The molecule has 0 bridgehead atoms. The smallest absolute Gasteiger partial charge is 0.202 e. The summed E-state index contributed by atoms with van der Waals surface area (Å²) in [5, 5.41) is 3.11. The van der Waals surface area contributed by atoms with Crippen LogP contribution in [0.1, 0.15) is 22.8 Å². The van der Waals surface area contributed by atoms with Gasteiger partial charge in [0.1, 0.15) is 6.10 Å². The van der Waals surface area contributed by atoms with Gasteiger partial charge in [0.05, 0.1) is 0 Å². The largest absolute Gasteiger partial charge is 0.441 e. The van der Waals surface area contributed by atoms with Crippen molar-refractivity contribution >= 4 is 30.2 Å². The van der Waals surface area contributed by atoms with Gasteiger partial charge in [0.2, 0.25) is 6.13 Å². The van der Waals surface area contributed by atoms with Crippen molar-refractivity contribution in [3.8, 4) is 0 Å². The number of aryl methyl sites for hydroxylation is 2. The van der Waals surface area contributed by atoms with Crippen LogP contribution in [0.2, 0.25) is 0 Å². The second kappa shape index (κ2) is 6.67. The highest BCUT2D eigenvalue weighted by Gasteiger charge is 2.17. The summed E-state index contributed by atoms with van der Waals surface area (Å²) in [6, 6.07) is 6.34. The molecule has 88 valence electrons. The molecule has 0 saturated carbocycles. The standard InChI is InChI=1S/C11H16NOPS2/c1-8-4-5-9(2)10(6-8)11(7-12-3)13-14(15)16/h4-6,11-12H,7H2,1-3H3. The molecule has 2 nitrogen and oxygen atoms in total. The van der Waals surface area contributed by atoms with Gasteiger partial charge in [0.15, 0.2) is 11.8 Å². The lowest BCUT2D eigenvalue weighted by molar-refractivity contribution is 0.240. The van der Waals surface area contributed by atoms with Crippen molar-refractivity contribution in [3.05, 3.63) is 34.9 Å². The molecule has 1 N–H and O–H groups in total. The van der Waals surface area contributed by atoms with E-state index in [0.29, 0.717) is 0 Å². The predicted molar refractivity (Wildman–Crippen MR) is 75.3 cm³/mol. The Morgan fingerprint density at radius 2 is 2.19 bits per heavy atom. The maximum Gasteiger partial charge on any atom is 0.202 e. The molecular weight excluding hydrogens is 257 g/mol. The maximum atomic E-state index is 5.64. The van der Waals surface area contributed by atoms with Crippen LogP contribution in [0, 0.1) is 13.8 Å². The Bertz CT molecular complexity index is 384. The molecule has 0 aromatic heterocycles. The van der Waals surface area contributed by atoms with Crippen LogP contribution >= 0.6 is 6.13 Å². The van der Waals surface area contributed by atoms with E-state index in [1.807, 2.05) is 7.05 Å². The molecule has 16 heavy (non-hydrogen) atoms. The molecule has 0 amide bonds. The van der Waals surface area contributed by atoms with Crippen molar-refractivity contribution in [2.24, 2.45) is 0 Å². The summed E-state index contributed by atoms with van der Waals surface area (Å²) in [7, 11) is 1.90. The predicted octanol–water partition coefficient (Wildman–Crippen LogP) is 2.90. The third kappa shape index (κ3) is 4.11. The van der Waals surface area contributed by atoms with Crippen molar-refractivity contribution < 1.29 is 4.52 Å². The van der Waals surface area contributed by atoms with Gasteiger partial charge >= 0.3 is 0 Å². The van der Waals surface area contributed by atoms with E-state index in [4.69, 9.17) is 28.6 Å². The summed E-state index contributed by atoms with van der Waals surface area (Å²) in [5.74, 6) is 0. The van der Waals surface area contributed by atoms with Crippen molar-refractivity contribution in [1.82, 2.24) is 5.32 Å². The minimum absolute atomic E-state index is 0.0361. The quantitative estimate of drug-likeness (QED) is 0.657. The number of likely N-dealkylation sites (N-methyl/N-ethyl adjacent to an activating group) is 1. The first-order chi connectivity index (χ1) is 7.54. The molecule has 0 aliphatic carbocycles. The second-order valence-corrected chi connectivity index (χ2v) is 7.08. The second-order valence-electron chi connectivity index (χ2n) is 3.74. The zero-order chi connectivity index (χ0) is 12.1. The van der Waals surface area contributed by atoms with Crippen LogP contribution in [0.3, 0.4) is 0 Å². The fraction of sp³-hybridized carbons (Fsp3) is 0.455. The van der Waals surface area contributed by atoms with E-state index in [1.165, 1.54) is 16.7 Å². The van der Waals surface area contributed by atoms with E-state index in [2.05, 4.69) is 37.4 Å². The van der Waals surface area contributed by atoms with E-state index in [9.17, 15) is 0 Å². The Hall–Kier alpha value is 0.01000. The van der Waals surface area contributed by atoms with E-state index < -0.39 is 6.13 Å². The highest BCUT2D eigenvalue weighted by molar-refractivity contribution is 8.45. The molecule has 0 radical (unpaired) electrons. The Labute approximate surface area is 108 Å². The lowest BCUT2D eigenvalue weighted by atomic mass is 10.0. The molecule has 0 fully saturated rings. The topological polar surface area (TPSA) is 21.3 Å². The van der Waals surface area contributed by atoms with Crippen LogP contribution in [0.4, 0.5) is 0 Å². The highest BCUT2D eigenvalue weighted by atomic mass is 32.9. The first-order valence-electron chi connectivity index (χ1n) is 5.07. The molecule has 1 aromatic rings. The summed E-state index contributed by atoms with van der Waals surface area (Å²) in [6.07, 6.45) is -1.21. The maximum absolute atomic E-state index is 5.64. The van der Waals surface area contributed by atoms with Gasteiger partial charge in [-0.15, -0.1) is 0 Å². The SMILES string of the molecule is CNCC(O[P+](=S)[S-])c1cc(C)ccc1C. The molecular formula is C11H16NOPS2. The number of nitrogens with one attached hydrogen (secondary N) is 1. The van der Waals surface area contributed by atoms with E-state index >= 15 is 0 Å². The zero-order valence-corrected chi connectivity index (χ0v) is 12.2. The lowest BCUT2D eigenvalue weighted by Crippen LogP contribution is -2.18. The molecule has 2 atom stereocenters. The zero-order valence-electron chi connectivity index (χ0n) is 9.69. The van der Waals surface area contributed by atoms with Crippen LogP contribution in [0.15, 0.2) is 18.2 Å². The molecule has 2 unspecified atom stereocenters. The third-order valence-electron chi connectivity index (χ3n) is 2.38. The van der Waals surface area contributed by atoms with Gasteiger partial charge in [0, 0.05) is 6.54 Å². The monoisotopic (exact) mass is 273 g/mol. The summed E-state index contributed by atoms with van der Waals surface area (Å²) in [6.45, 7) is 4.88. The average molecular weight is 273 g/mol. The van der Waals surface area contributed by atoms with Crippen LogP contribution in [0.5, 0.6) is 0 Å². The van der Waals surface area contributed by atoms with Crippen LogP contribution < -0.4 is 5.32 Å². The van der Waals surface area contributed by atoms with Gasteiger partial charge in [-0.25, -0.2) is 0 Å². The fourth-order valence-corrected chi connectivity index (χ4v) is 2.62. The van der Waals surface area contributed by atoms with Gasteiger partial charge in [-0.2, -0.15) is 4.52 Å². The highest BCUT2D eigenvalue weighted by Crippen LogP contribution is 2.31. The van der Waals surface area contributed by atoms with Gasteiger partial charge in [-0.3, -0.25) is 0 Å². The van der Waals surface area contributed by atoms with Gasteiger partial charge in [-0.05, 0) is 32.0 Å². The van der Waals surface area contributed by atoms with Gasteiger partial charge in [-0.1, -0.05) is 23.8 Å². The van der Waals surface area contributed by atoms with Crippen LogP contribution in [-0.2, 0) is 28.6 Å². The molecule has 0 aliphatic heterocycles. The van der Waals surface area contributed by atoms with Crippen molar-refractivity contribution in [1.29, 1.82) is 0 Å². The molecule has 0 heterocycles. The van der Waals surface area contributed by atoms with Crippen molar-refractivity contribution in [3.63, 3.8) is 0 Å². The Morgan fingerprint density at radius 1 is 1.50 bits per heavy atom. The molecule has 0 aliphatic rings. The summed E-state index contributed by atoms with van der Waals surface area (Å²) in [5.41, 5.74) is 3.62. The van der Waals surface area contributed by atoms with E-state index in [1.54, 1.807) is 0 Å². The minimum Gasteiger partial charge on any atom is -0.441 e. The molecule has 0 saturated heterocycles. The number of hydrogen-bond donors (Lipinski definition) is 1. The van der Waals surface area contributed by atoms with Gasteiger partial charge in [0.25, 0.3) is 0 Å². The minimum atomic E-state index is -1.17. The fourth-order valence-electron chi connectivity index (χ4n) is 1.60. The normalized spacial score (nSPS) is 13.6. The van der Waals surface area contributed by atoms with Crippen molar-refractivity contribution in [2.75, 3.05) is 13.6 Å². The number of hydrogen-bond acceptors (Lipinski definition) is 4. The summed E-state index contributed by atoms with van der Waals surface area (Å²) >= 11 is 9.95. The lowest BCUT2D eigenvalue weighted by Gasteiger charge is -2.16. The molecule has 1 aromatic carbocycles. The van der Waals surface area contributed by atoms with Crippen molar-refractivity contribution in [2.45, 2.75) is 20.0 Å².